The monoisotopic (exact) mass is 984 g/mol. The number of amides is 1. The molecule has 0 radical (unpaired) electrons. The Morgan fingerprint density at radius 1 is 0.597 bits per heavy atom. The number of aromatic nitrogens is 7. The molecule has 0 saturated carbocycles. The number of aryl methyl sites for hydroxylation is 2. The second-order valence-corrected chi connectivity index (χ2v) is 19.7. The third-order valence-electron chi connectivity index (χ3n) is 14.5. The number of anilines is 8. The molecule has 1 atom stereocenters. The van der Waals surface area contributed by atoms with Crippen molar-refractivity contribution in [3.63, 3.8) is 0 Å². The van der Waals surface area contributed by atoms with Crippen LogP contribution in [-0.4, -0.2) is 137 Å². The summed E-state index contributed by atoms with van der Waals surface area (Å²) >= 11 is 0. The maximum atomic E-state index is 11.6. The fraction of sp³-hybridized carbons (Fsp3) is 0.500. The van der Waals surface area contributed by atoms with E-state index in [9.17, 15) is 4.79 Å². The second kappa shape index (κ2) is 24.3. The van der Waals surface area contributed by atoms with Gasteiger partial charge in [-0.3, -0.25) is 24.7 Å². The van der Waals surface area contributed by atoms with E-state index in [1.165, 1.54) is 24.9 Å². The Hall–Kier alpha value is -7.22. The van der Waals surface area contributed by atoms with E-state index in [4.69, 9.17) is 31.9 Å². The zero-order valence-corrected chi connectivity index (χ0v) is 42.4. The fourth-order valence-corrected chi connectivity index (χ4v) is 10.7. The summed E-state index contributed by atoms with van der Waals surface area (Å²) in [7, 11) is 4.29. The first kappa shape index (κ1) is 51.1. The van der Waals surface area contributed by atoms with Crippen LogP contribution in [0, 0.1) is 19.8 Å². The minimum absolute atomic E-state index is 0.303. The number of piperidine rings is 3. The van der Waals surface area contributed by atoms with Crippen LogP contribution in [0.15, 0.2) is 89.0 Å². The van der Waals surface area contributed by atoms with Crippen LogP contribution in [0.1, 0.15) is 86.2 Å². The summed E-state index contributed by atoms with van der Waals surface area (Å²) in [5.41, 5.74) is 33.4. The Labute approximate surface area is 423 Å². The summed E-state index contributed by atoms with van der Waals surface area (Å²) in [5, 5.41) is 12.0. The zero-order valence-electron chi connectivity index (χ0n) is 42.4. The molecule has 0 spiro atoms. The van der Waals surface area contributed by atoms with Gasteiger partial charge in [-0.2, -0.15) is 0 Å². The molecule has 6 aromatic heterocycles. The molecule has 384 valence electrons. The fourth-order valence-electron chi connectivity index (χ4n) is 10.7. The number of nitrogens with two attached hydrogens (primary N) is 4. The van der Waals surface area contributed by atoms with Gasteiger partial charge in [0.15, 0.2) is 0 Å². The number of rotatable bonds is 8. The number of fused-ring (bicyclic) bond motifs is 1. The SMILES string of the molecule is CN(C)CC1CCN(c2ccncc2N)CC1.Cc1nnc(C2CCN(c3ccncc3N)CC2)o1.Cc1nocc1C1CCN(c2ccncc2N)CC1.Nc1cnccc1N1CCN2C(=O)CC[C@H]2C1. The van der Waals surface area contributed by atoms with Gasteiger partial charge in [0.2, 0.25) is 17.7 Å². The van der Waals surface area contributed by atoms with E-state index >= 15 is 0 Å². The number of nitrogen functional groups attached to an aromatic ring is 4. The molecule has 0 aliphatic carbocycles. The molecule has 5 fully saturated rings. The van der Waals surface area contributed by atoms with Gasteiger partial charge in [0.1, 0.15) is 6.26 Å². The number of nitrogens with zero attached hydrogens (tertiary/aromatic N) is 13. The summed E-state index contributed by atoms with van der Waals surface area (Å²) in [5.74, 6) is 3.43. The molecule has 11 rings (SSSR count). The summed E-state index contributed by atoms with van der Waals surface area (Å²) in [6.45, 7) is 13.7. The largest absolute Gasteiger partial charge is 0.425 e. The predicted molar refractivity (Wildman–Crippen MR) is 284 cm³/mol. The Balaban J connectivity index is 0.000000129. The quantitative estimate of drug-likeness (QED) is 0.136. The Morgan fingerprint density at radius 3 is 1.50 bits per heavy atom. The molecule has 11 heterocycles. The molecule has 0 aromatic carbocycles. The molecule has 5 saturated heterocycles. The maximum absolute atomic E-state index is 11.6. The lowest BCUT2D eigenvalue weighted by Gasteiger charge is -2.39. The van der Waals surface area contributed by atoms with Crippen molar-refractivity contribution in [3.8, 4) is 0 Å². The van der Waals surface area contributed by atoms with Gasteiger partial charge in [0, 0.05) is 121 Å². The topological polar surface area (TPSA) is 257 Å². The summed E-state index contributed by atoms with van der Waals surface area (Å²) < 4.78 is 10.5. The van der Waals surface area contributed by atoms with E-state index < -0.39 is 0 Å². The highest BCUT2D eigenvalue weighted by atomic mass is 16.5. The number of hydrogen-bond donors (Lipinski definition) is 4. The molecular formula is C52H73N17O3. The molecule has 6 aromatic rings. The third-order valence-corrected chi connectivity index (χ3v) is 14.5. The van der Waals surface area contributed by atoms with Crippen LogP contribution in [0.5, 0.6) is 0 Å². The highest BCUT2D eigenvalue weighted by Gasteiger charge is 2.36. The molecule has 8 N–H and O–H groups in total. The van der Waals surface area contributed by atoms with Crippen LogP contribution >= 0.6 is 0 Å². The summed E-state index contributed by atoms with van der Waals surface area (Å²) in [6.07, 6.45) is 24.1. The number of piperazine rings is 1. The lowest BCUT2D eigenvalue weighted by atomic mass is 9.90. The van der Waals surface area contributed by atoms with Crippen molar-refractivity contribution in [2.45, 2.75) is 83.1 Å². The highest BCUT2D eigenvalue weighted by Crippen LogP contribution is 2.35. The number of carbonyl (C=O) groups excluding carboxylic acids is 1. The van der Waals surface area contributed by atoms with Gasteiger partial charge in [-0.25, -0.2) is 0 Å². The van der Waals surface area contributed by atoms with E-state index in [-0.39, 0.29) is 0 Å². The summed E-state index contributed by atoms with van der Waals surface area (Å²) in [4.78, 5) is 41.2. The van der Waals surface area contributed by atoms with Gasteiger partial charge in [-0.05, 0) is 102 Å². The second-order valence-electron chi connectivity index (χ2n) is 19.7. The first-order chi connectivity index (χ1) is 34.9. The first-order valence-electron chi connectivity index (χ1n) is 25.3. The minimum atomic E-state index is 0.303. The molecule has 20 nitrogen and oxygen atoms in total. The third kappa shape index (κ3) is 13.0. The summed E-state index contributed by atoms with van der Waals surface area (Å²) in [6, 6.07) is 8.28. The van der Waals surface area contributed by atoms with Gasteiger partial charge in [-0.1, -0.05) is 5.16 Å². The van der Waals surface area contributed by atoms with Crippen molar-refractivity contribution in [2.24, 2.45) is 5.92 Å². The van der Waals surface area contributed by atoms with E-state index in [2.05, 4.69) is 73.9 Å². The Kier molecular flexibility index (Phi) is 17.2. The molecule has 1 amide bonds. The average Bonchev–Trinajstić information content (AvgIpc) is 4.14. The van der Waals surface area contributed by atoms with Crippen molar-refractivity contribution >= 4 is 51.4 Å². The van der Waals surface area contributed by atoms with Crippen molar-refractivity contribution in [2.75, 3.05) is 122 Å². The van der Waals surface area contributed by atoms with Crippen LogP contribution in [0.3, 0.4) is 0 Å². The standard InChI is InChI=1S/C14H18N4O.C13H17N5O.C13H22N4.C12H16N4O/c1-10-12(9-19-17-10)11-3-6-18(7-4-11)14-2-5-16-8-13(14)15;1-9-16-17-13(19-9)10-3-6-18(7-4-10)12-2-5-15-8-11(12)14;1-16(2)10-11-4-7-17(8-5-11)13-3-6-15-9-12(13)14;13-10-7-14-4-3-11(10)15-5-6-16-9(8-15)1-2-12(16)17/h2,5,8-9,11H,3-4,6-7,15H2,1H3;2,5,8,10H,3-4,6-7,14H2,1H3;3,6,9,11H,4-5,7-8,10,14H2,1-2H3;3-4,7,9H,1-2,5-6,8,13H2/t;;;9-/m...0/s1. The van der Waals surface area contributed by atoms with Crippen LogP contribution in [0.4, 0.5) is 45.5 Å². The maximum Gasteiger partial charge on any atom is 0.223 e. The molecule has 5 aliphatic rings. The Morgan fingerprint density at radius 2 is 1.07 bits per heavy atom. The number of carbonyl (C=O) groups is 1. The van der Waals surface area contributed by atoms with E-state index in [1.54, 1.807) is 49.6 Å². The molecule has 72 heavy (non-hydrogen) atoms. The van der Waals surface area contributed by atoms with Crippen molar-refractivity contribution in [1.82, 2.24) is 45.1 Å². The highest BCUT2D eigenvalue weighted by molar-refractivity contribution is 5.79. The van der Waals surface area contributed by atoms with E-state index in [1.807, 2.05) is 49.2 Å². The number of hydrogen-bond acceptors (Lipinski definition) is 19. The van der Waals surface area contributed by atoms with Gasteiger partial charge in [0.25, 0.3) is 0 Å². The smallest absolute Gasteiger partial charge is 0.223 e. The molecule has 0 unspecified atom stereocenters. The van der Waals surface area contributed by atoms with Crippen LogP contribution in [0.2, 0.25) is 0 Å². The lowest BCUT2D eigenvalue weighted by molar-refractivity contribution is -0.129. The average molecular weight is 984 g/mol. The molecular weight excluding hydrogens is 911 g/mol. The van der Waals surface area contributed by atoms with Crippen molar-refractivity contribution in [3.05, 3.63) is 103 Å². The normalized spacial score (nSPS) is 18.7. The predicted octanol–water partition coefficient (Wildman–Crippen LogP) is 6.00. The van der Waals surface area contributed by atoms with Crippen molar-refractivity contribution < 1.29 is 13.7 Å². The van der Waals surface area contributed by atoms with Gasteiger partial charge in [-0.15, -0.1) is 10.2 Å². The molecule has 0 bridgehead atoms. The van der Waals surface area contributed by atoms with Crippen LogP contribution < -0.4 is 42.5 Å². The number of pyridine rings is 4. The first-order valence-corrected chi connectivity index (χ1v) is 25.3. The van der Waals surface area contributed by atoms with E-state index in [0.717, 1.165) is 148 Å². The van der Waals surface area contributed by atoms with E-state index in [0.29, 0.717) is 41.8 Å². The van der Waals surface area contributed by atoms with Gasteiger partial charge in [0.05, 0.1) is 76.0 Å². The van der Waals surface area contributed by atoms with Gasteiger partial charge >= 0.3 is 0 Å². The van der Waals surface area contributed by atoms with Crippen molar-refractivity contribution in [1.29, 1.82) is 0 Å². The zero-order chi connectivity index (χ0) is 50.6. The van der Waals surface area contributed by atoms with Crippen LogP contribution in [-0.2, 0) is 4.79 Å². The lowest BCUT2D eigenvalue weighted by Crippen LogP contribution is -2.51. The van der Waals surface area contributed by atoms with Crippen LogP contribution in [0.25, 0.3) is 0 Å². The Bertz CT molecular complexity index is 2630. The molecule has 20 heteroatoms. The van der Waals surface area contributed by atoms with Gasteiger partial charge < -0.3 is 61.3 Å². The minimum Gasteiger partial charge on any atom is -0.425 e. The molecule has 5 aliphatic heterocycles.